The van der Waals surface area contributed by atoms with Gasteiger partial charge in [0.2, 0.25) is 0 Å². The van der Waals surface area contributed by atoms with Crippen LogP contribution in [0.4, 0.5) is 0 Å². The van der Waals surface area contributed by atoms with Gasteiger partial charge in [-0.05, 0) is 17.8 Å². The minimum absolute atomic E-state index is 0.322. The molecule has 1 saturated heterocycles. The Morgan fingerprint density at radius 2 is 1.92 bits per heavy atom. The second kappa shape index (κ2) is 4.24. The summed E-state index contributed by atoms with van der Waals surface area (Å²) >= 11 is 0. The van der Waals surface area contributed by atoms with Crippen LogP contribution in [0.1, 0.15) is 20.8 Å². The predicted molar refractivity (Wildman–Crippen MR) is 51.0 cm³/mol. The van der Waals surface area contributed by atoms with E-state index in [4.69, 9.17) is 5.11 Å². The first kappa shape index (κ1) is 10.0. The zero-order chi connectivity index (χ0) is 9.14. The Morgan fingerprint density at radius 1 is 1.33 bits per heavy atom. The molecule has 0 saturated carbocycles. The van der Waals surface area contributed by atoms with Crippen LogP contribution in [0.2, 0.25) is 0 Å². The molecule has 72 valence electrons. The second-order valence-corrected chi connectivity index (χ2v) is 4.51. The van der Waals surface area contributed by atoms with E-state index in [1.54, 1.807) is 0 Å². The highest BCUT2D eigenvalue weighted by molar-refractivity contribution is 4.82. The number of hydrogen-bond acceptors (Lipinski definition) is 2. The van der Waals surface area contributed by atoms with E-state index in [1.165, 1.54) is 13.1 Å². The molecule has 1 heterocycles. The number of rotatable bonds is 4. The molecule has 1 N–H and O–H groups in total. The molecule has 0 radical (unpaired) electrons. The molecule has 1 rings (SSSR count). The molecule has 0 aromatic rings. The molecule has 1 aliphatic rings. The average Bonchev–Trinajstić information content (AvgIpc) is 1.94. The van der Waals surface area contributed by atoms with Crippen LogP contribution in [0.25, 0.3) is 0 Å². The average molecular weight is 171 g/mol. The molecule has 1 fully saturated rings. The Bertz CT molecular complexity index is 130. The van der Waals surface area contributed by atoms with Gasteiger partial charge in [-0.3, -0.25) is 0 Å². The van der Waals surface area contributed by atoms with Crippen LogP contribution in [0.3, 0.4) is 0 Å². The summed E-state index contributed by atoms with van der Waals surface area (Å²) in [7, 11) is 0. The van der Waals surface area contributed by atoms with Crippen molar-refractivity contribution < 1.29 is 5.11 Å². The van der Waals surface area contributed by atoms with E-state index in [0.717, 1.165) is 18.4 Å². The third kappa shape index (κ3) is 2.46. The smallest absolute Gasteiger partial charge is 0.0468 e. The summed E-state index contributed by atoms with van der Waals surface area (Å²) in [5.41, 5.74) is 0. The quantitative estimate of drug-likeness (QED) is 0.687. The molecule has 2 heteroatoms. The van der Waals surface area contributed by atoms with Crippen molar-refractivity contribution in [3.63, 3.8) is 0 Å². The number of aliphatic hydroxyl groups excluding tert-OH is 1. The first-order valence-electron chi connectivity index (χ1n) is 4.96. The summed E-state index contributed by atoms with van der Waals surface area (Å²) in [6, 6.07) is 0. The normalized spacial score (nSPS) is 22.8. The topological polar surface area (TPSA) is 23.5 Å². The SMILES string of the molecule is CC(CO)CN1CC(C(C)C)C1. The van der Waals surface area contributed by atoms with Crippen molar-refractivity contribution in [1.29, 1.82) is 0 Å². The van der Waals surface area contributed by atoms with Crippen LogP contribution in [0.15, 0.2) is 0 Å². The van der Waals surface area contributed by atoms with Crippen LogP contribution < -0.4 is 0 Å². The molecule has 0 spiro atoms. The third-order valence-corrected chi connectivity index (χ3v) is 2.81. The Morgan fingerprint density at radius 3 is 2.33 bits per heavy atom. The molecular formula is C10H21NO. The molecular weight excluding hydrogens is 150 g/mol. The van der Waals surface area contributed by atoms with Gasteiger partial charge in [0.25, 0.3) is 0 Å². The van der Waals surface area contributed by atoms with Crippen molar-refractivity contribution >= 4 is 0 Å². The van der Waals surface area contributed by atoms with Gasteiger partial charge in [-0.1, -0.05) is 20.8 Å². The highest BCUT2D eigenvalue weighted by atomic mass is 16.3. The largest absolute Gasteiger partial charge is 0.396 e. The first-order valence-corrected chi connectivity index (χ1v) is 4.96. The van der Waals surface area contributed by atoms with E-state index >= 15 is 0 Å². The lowest BCUT2D eigenvalue weighted by Crippen LogP contribution is -2.50. The van der Waals surface area contributed by atoms with Gasteiger partial charge in [0.05, 0.1) is 0 Å². The van der Waals surface area contributed by atoms with Crippen molar-refractivity contribution in [3.8, 4) is 0 Å². The third-order valence-electron chi connectivity index (χ3n) is 2.81. The number of aliphatic hydroxyl groups is 1. The van der Waals surface area contributed by atoms with Gasteiger partial charge < -0.3 is 10.0 Å². The summed E-state index contributed by atoms with van der Waals surface area (Å²) in [5, 5.41) is 8.85. The van der Waals surface area contributed by atoms with Gasteiger partial charge in [0.15, 0.2) is 0 Å². The molecule has 1 atom stereocenters. The fourth-order valence-corrected chi connectivity index (χ4v) is 1.68. The maximum absolute atomic E-state index is 8.85. The maximum atomic E-state index is 8.85. The van der Waals surface area contributed by atoms with Gasteiger partial charge in [-0.2, -0.15) is 0 Å². The highest BCUT2D eigenvalue weighted by Gasteiger charge is 2.29. The van der Waals surface area contributed by atoms with Gasteiger partial charge in [-0.25, -0.2) is 0 Å². The molecule has 0 aromatic carbocycles. The molecule has 0 bridgehead atoms. The van der Waals surface area contributed by atoms with E-state index in [9.17, 15) is 0 Å². The predicted octanol–water partition coefficient (Wildman–Crippen LogP) is 1.20. The standard InChI is InChI=1S/C10H21NO/c1-8(2)10-5-11(6-10)4-9(3)7-12/h8-10,12H,4-7H2,1-3H3. The van der Waals surface area contributed by atoms with Gasteiger partial charge in [-0.15, -0.1) is 0 Å². The summed E-state index contributed by atoms with van der Waals surface area (Å²) in [6.07, 6.45) is 0. The van der Waals surface area contributed by atoms with Crippen molar-refractivity contribution in [1.82, 2.24) is 4.90 Å². The minimum atomic E-state index is 0.322. The summed E-state index contributed by atoms with van der Waals surface area (Å²) in [6.45, 7) is 10.5. The number of nitrogens with zero attached hydrogens (tertiary/aromatic N) is 1. The van der Waals surface area contributed by atoms with E-state index in [-0.39, 0.29) is 0 Å². The van der Waals surface area contributed by atoms with Crippen LogP contribution >= 0.6 is 0 Å². The summed E-state index contributed by atoms with van der Waals surface area (Å²) < 4.78 is 0. The van der Waals surface area contributed by atoms with Crippen LogP contribution in [-0.2, 0) is 0 Å². The first-order chi connectivity index (χ1) is 5.63. The van der Waals surface area contributed by atoms with Crippen molar-refractivity contribution in [2.45, 2.75) is 20.8 Å². The van der Waals surface area contributed by atoms with E-state index in [2.05, 4.69) is 25.7 Å². The van der Waals surface area contributed by atoms with Crippen molar-refractivity contribution in [3.05, 3.63) is 0 Å². The maximum Gasteiger partial charge on any atom is 0.0468 e. The molecule has 0 aromatic heterocycles. The van der Waals surface area contributed by atoms with Crippen molar-refractivity contribution in [2.75, 3.05) is 26.2 Å². The molecule has 0 amide bonds. The fourth-order valence-electron chi connectivity index (χ4n) is 1.68. The minimum Gasteiger partial charge on any atom is -0.396 e. The van der Waals surface area contributed by atoms with E-state index < -0.39 is 0 Å². The lowest BCUT2D eigenvalue weighted by atomic mass is 9.88. The lowest BCUT2D eigenvalue weighted by molar-refractivity contribution is 0.0458. The van der Waals surface area contributed by atoms with Crippen molar-refractivity contribution in [2.24, 2.45) is 17.8 Å². The number of hydrogen-bond donors (Lipinski definition) is 1. The fraction of sp³-hybridized carbons (Fsp3) is 1.00. The monoisotopic (exact) mass is 171 g/mol. The Labute approximate surface area is 75.6 Å². The van der Waals surface area contributed by atoms with Gasteiger partial charge in [0.1, 0.15) is 0 Å². The molecule has 12 heavy (non-hydrogen) atoms. The van der Waals surface area contributed by atoms with Gasteiger partial charge >= 0.3 is 0 Å². The molecule has 0 aliphatic carbocycles. The van der Waals surface area contributed by atoms with Crippen LogP contribution in [0.5, 0.6) is 0 Å². The zero-order valence-corrected chi connectivity index (χ0v) is 8.45. The molecule has 1 unspecified atom stereocenters. The lowest BCUT2D eigenvalue weighted by Gasteiger charge is -2.42. The molecule has 2 nitrogen and oxygen atoms in total. The highest BCUT2D eigenvalue weighted by Crippen LogP contribution is 2.23. The van der Waals surface area contributed by atoms with E-state index in [1.807, 2.05) is 0 Å². The number of likely N-dealkylation sites (tertiary alicyclic amines) is 1. The molecule has 1 aliphatic heterocycles. The van der Waals surface area contributed by atoms with Crippen LogP contribution in [0, 0.1) is 17.8 Å². The second-order valence-electron chi connectivity index (χ2n) is 4.51. The summed E-state index contributed by atoms with van der Waals surface area (Å²) in [4.78, 5) is 2.44. The van der Waals surface area contributed by atoms with E-state index in [0.29, 0.717) is 12.5 Å². The Hall–Kier alpha value is -0.0800. The summed E-state index contributed by atoms with van der Waals surface area (Å²) in [5.74, 6) is 2.17. The van der Waals surface area contributed by atoms with Crippen LogP contribution in [-0.4, -0.2) is 36.2 Å². The Kier molecular flexibility index (Phi) is 3.53. The Balaban J connectivity index is 2.09. The van der Waals surface area contributed by atoms with Gasteiger partial charge in [0, 0.05) is 26.2 Å². The zero-order valence-electron chi connectivity index (χ0n) is 8.45.